The molecule has 1 saturated heterocycles. The van der Waals surface area contributed by atoms with Gasteiger partial charge in [-0.25, -0.2) is 0 Å². The summed E-state index contributed by atoms with van der Waals surface area (Å²) in [7, 11) is 0. The molecule has 2 unspecified atom stereocenters. The highest BCUT2D eigenvalue weighted by molar-refractivity contribution is 7.10. The number of nitrogens with one attached hydrogen (secondary N) is 1. The zero-order chi connectivity index (χ0) is 9.26. The van der Waals surface area contributed by atoms with Crippen molar-refractivity contribution in [2.75, 3.05) is 6.54 Å². The van der Waals surface area contributed by atoms with Gasteiger partial charge in [-0.05, 0) is 43.3 Å². The standard InChI is InChI=1S/C10H16N2S/c1-7-3-5-13-10(7)9-6-8(11)2-4-12-9/h3,5,8-9,12H,2,4,6,11H2,1H3. The van der Waals surface area contributed by atoms with Crippen molar-refractivity contribution in [1.29, 1.82) is 0 Å². The minimum absolute atomic E-state index is 0.382. The van der Waals surface area contributed by atoms with Crippen molar-refractivity contribution >= 4 is 11.3 Å². The van der Waals surface area contributed by atoms with Crippen molar-refractivity contribution in [3.05, 3.63) is 21.9 Å². The van der Waals surface area contributed by atoms with Crippen LogP contribution in [0.15, 0.2) is 11.4 Å². The van der Waals surface area contributed by atoms with Crippen molar-refractivity contribution in [2.24, 2.45) is 5.73 Å². The number of nitrogens with two attached hydrogens (primary N) is 1. The molecule has 1 aromatic rings. The SMILES string of the molecule is Cc1ccsc1C1CC(N)CCN1. The monoisotopic (exact) mass is 196 g/mol. The fraction of sp³-hybridized carbons (Fsp3) is 0.600. The van der Waals surface area contributed by atoms with Crippen LogP contribution in [0.25, 0.3) is 0 Å². The quantitative estimate of drug-likeness (QED) is 0.719. The summed E-state index contributed by atoms with van der Waals surface area (Å²) in [5.41, 5.74) is 7.35. The molecule has 0 spiro atoms. The Morgan fingerprint density at radius 3 is 3.08 bits per heavy atom. The summed E-state index contributed by atoms with van der Waals surface area (Å²) in [6, 6.07) is 3.07. The van der Waals surface area contributed by atoms with Crippen LogP contribution in [-0.4, -0.2) is 12.6 Å². The largest absolute Gasteiger partial charge is 0.328 e. The van der Waals surface area contributed by atoms with Gasteiger partial charge in [-0.2, -0.15) is 0 Å². The smallest absolute Gasteiger partial charge is 0.0432 e. The van der Waals surface area contributed by atoms with E-state index in [0.29, 0.717) is 12.1 Å². The molecule has 0 bridgehead atoms. The number of rotatable bonds is 1. The van der Waals surface area contributed by atoms with Crippen LogP contribution in [0.3, 0.4) is 0 Å². The van der Waals surface area contributed by atoms with E-state index in [4.69, 9.17) is 5.73 Å². The highest BCUT2D eigenvalue weighted by atomic mass is 32.1. The Balaban J connectivity index is 2.12. The van der Waals surface area contributed by atoms with Gasteiger partial charge in [0.2, 0.25) is 0 Å². The second-order valence-electron chi connectivity index (χ2n) is 3.76. The van der Waals surface area contributed by atoms with E-state index in [1.165, 1.54) is 10.4 Å². The Hall–Kier alpha value is -0.380. The molecule has 2 heterocycles. The lowest BCUT2D eigenvalue weighted by atomic mass is 9.98. The Kier molecular flexibility index (Phi) is 2.67. The molecular weight excluding hydrogens is 180 g/mol. The first kappa shape index (κ1) is 9.19. The zero-order valence-corrected chi connectivity index (χ0v) is 8.73. The average Bonchev–Trinajstić information content (AvgIpc) is 2.51. The molecular formula is C10H16N2S. The van der Waals surface area contributed by atoms with Gasteiger partial charge in [-0.3, -0.25) is 0 Å². The molecule has 0 aromatic carbocycles. The van der Waals surface area contributed by atoms with E-state index in [0.717, 1.165) is 19.4 Å². The summed E-state index contributed by atoms with van der Waals surface area (Å²) in [5, 5.41) is 5.68. The Labute approximate surface area is 83.1 Å². The zero-order valence-electron chi connectivity index (χ0n) is 7.92. The van der Waals surface area contributed by atoms with E-state index < -0.39 is 0 Å². The molecule has 3 N–H and O–H groups in total. The molecule has 1 aromatic heterocycles. The molecule has 2 rings (SSSR count). The van der Waals surface area contributed by atoms with Crippen LogP contribution in [-0.2, 0) is 0 Å². The van der Waals surface area contributed by atoms with Crippen molar-refractivity contribution < 1.29 is 0 Å². The van der Waals surface area contributed by atoms with Crippen molar-refractivity contribution in [3.8, 4) is 0 Å². The number of hydrogen-bond donors (Lipinski definition) is 2. The minimum Gasteiger partial charge on any atom is -0.328 e. The molecule has 2 atom stereocenters. The molecule has 0 radical (unpaired) electrons. The van der Waals surface area contributed by atoms with E-state index in [2.05, 4.69) is 23.7 Å². The normalized spacial score (nSPS) is 29.1. The molecule has 13 heavy (non-hydrogen) atoms. The molecule has 3 heteroatoms. The lowest BCUT2D eigenvalue weighted by molar-refractivity contribution is 0.372. The lowest BCUT2D eigenvalue weighted by Crippen LogP contribution is -2.38. The second kappa shape index (κ2) is 3.78. The van der Waals surface area contributed by atoms with Gasteiger partial charge in [0, 0.05) is 17.0 Å². The fourth-order valence-electron chi connectivity index (χ4n) is 1.89. The summed E-state index contributed by atoms with van der Waals surface area (Å²) < 4.78 is 0. The van der Waals surface area contributed by atoms with Gasteiger partial charge in [0.05, 0.1) is 0 Å². The molecule has 0 saturated carbocycles. The van der Waals surface area contributed by atoms with Gasteiger partial charge in [0.15, 0.2) is 0 Å². The summed E-state index contributed by atoms with van der Waals surface area (Å²) in [6.07, 6.45) is 2.20. The molecule has 72 valence electrons. The van der Waals surface area contributed by atoms with Crippen LogP contribution in [0, 0.1) is 6.92 Å². The van der Waals surface area contributed by atoms with Crippen molar-refractivity contribution in [3.63, 3.8) is 0 Å². The lowest BCUT2D eigenvalue weighted by Gasteiger charge is -2.27. The summed E-state index contributed by atoms with van der Waals surface area (Å²) in [6.45, 7) is 3.23. The first-order valence-electron chi connectivity index (χ1n) is 4.80. The first-order valence-corrected chi connectivity index (χ1v) is 5.68. The highest BCUT2D eigenvalue weighted by Crippen LogP contribution is 2.29. The van der Waals surface area contributed by atoms with Crippen LogP contribution < -0.4 is 11.1 Å². The van der Waals surface area contributed by atoms with E-state index in [9.17, 15) is 0 Å². The number of hydrogen-bond acceptors (Lipinski definition) is 3. The van der Waals surface area contributed by atoms with Gasteiger partial charge in [0.25, 0.3) is 0 Å². The number of thiophene rings is 1. The maximum atomic E-state index is 5.95. The predicted molar refractivity (Wildman–Crippen MR) is 57.0 cm³/mol. The van der Waals surface area contributed by atoms with Crippen molar-refractivity contribution in [1.82, 2.24) is 5.32 Å². The summed E-state index contributed by atoms with van der Waals surface area (Å²) in [5.74, 6) is 0. The van der Waals surface area contributed by atoms with Crippen LogP contribution in [0.5, 0.6) is 0 Å². The topological polar surface area (TPSA) is 38.0 Å². The average molecular weight is 196 g/mol. The Bertz CT molecular complexity index is 282. The third-order valence-corrected chi connectivity index (χ3v) is 3.80. The van der Waals surface area contributed by atoms with Crippen LogP contribution in [0.2, 0.25) is 0 Å². The third-order valence-electron chi connectivity index (χ3n) is 2.66. The molecule has 1 aliphatic rings. The van der Waals surface area contributed by atoms with Gasteiger partial charge in [-0.15, -0.1) is 11.3 Å². The van der Waals surface area contributed by atoms with Gasteiger partial charge >= 0.3 is 0 Å². The second-order valence-corrected chi connectivity index (χ2v) is 4.71. The summed E-state index contributed by atoms with van der Waals surface area (Å²) >= 11 is 1.84. The fourth-order valence-corrected chi connectivity index (χ4v) is 2.90. The van der Waals surface area contributed by atoms with Gasteiger partial charge in [0.1, 0.15) is 0 Å². The van der Waals surface area contributed by atoms with Crippen molar-refractivity contribution in [2.45, 2.75) is 31.8 Å². The highest BCUT2D eigenvalue weighted by Gasteiger charge is 2.21. The molecule has 1 fully saturated rings. The third kappa shape index (κ3) is 1.93. The van der Waals surface area contributed by atoms with E-state index in [-0.39, 0.29) is 0 Å². The van der Waals surface area contributed by atoms with Gasteiger partial charge in [-0.1, -0.05) is 0 Å². The Morgan fingerprint density at radius 1 is 1.62 bits per heavy atom. The van der Waals surface area contributed by atoms with E-state index in [1.807, 2.05) is 11.3 Å². The molecule has 0 amide bonds. The van der Waals surface area contributed by atoms with Crippen LogP contribution >= 0.6 is 11.3 Å². The van der Waals surface area contributed by atoms with Crippen LogP contribution in [0.1, 0.15) is 29.3 Å². The first-order chi connectivity index (χ1) is 6.27. The van der Waals surface area contributed by atoms with Crippen LogP contribution in [0.4, 0.5) is 0 Å². The van der Waals surface area contributed by atoms with E-state index >= 15 is 0 Å². The summed E-state index contributed by atoms with van der Waals surface area (Å²) in [4.78, 5) is 1.47. The predicted octanol–water partition coefficient (Wildman–Crippen LogP) is 1.81. The van der Waals surface area contributed by atoms with E-state index in [1.54, 1.807) is 0 Å². The maximum absolute atomic E-state index is 5.95. The van der Waals surface area contributed by atoms with Gasteiger partial charge < -0.3 is 11.1 Å². The molecule has 0 aliphatic carbocycles. The maximum Gasteiger partial charge on any atom is 0.0432 e. The molecule has 2 nitrogen and oxygen atoms in total. The number of aryl methyl sites for hydroxylation is 1. The Morgan fingerprint density at radius 2 is 2.46 bits per heavy atom. The minimum atomic E-state index is 0.382. The number of piperidine rings is 1. The molecule has 1 aliphatic heterocycles.